The van der Waals surface area contributed by atoms with Crippen LogP contribution in [0.4, 0.5) is 0 Å². The molecule has 0 bridgehead atoms. The Morgan fingerprint density at radius 1 is 1.09 bits per heavy atom. The first-order chi connectivity index (χ1) is 17.1. The molecule has 176 valence electrons. The summed E-state index contributed by atoms with van der Waals surface area (Å²) in [5.41, 5.74) is 1.66. The van der Waals surface area contributed by atoms with E-state index < -0.39 is 0 Å². The summed E-state index contributed by atoms with van der Waals surface area (Å²) in [7, 11) is 1.59. The van der Waals surface area contributed by atoms with Crippen LogP contribution in [0.25, 0.3) is 33.5 Å². The summed E-state index contributed by atoms with van der Waals surface area (Å²) in [4.78, 5) is 18.2. The summed E-state index contributed by atoms with van der Waals surface area (Å²) < 4.78 is 18.9. The van der Waals surface area contributed by atoms with Gasteiger partial charge in [-0.2, -0.15) is 9.78 Å². The summed E-state index contributed by atoms with van der Waals surface area (Å²) in [5, 5.41) is 5.94. The lowest BCUT2D eigenvalue weighted by Crippen LogP contribution is -2.20. The molecule has 0 fully saturated rings. The standard InChI is InChI=1S/C28H25N3O4/c1-4-18(2)34-26-20(11-9-15-24(26)33-3)17-29-31-27(25-16-19-10-5-8-14-23(19)35-25)30-22-13-7-6-12-21(22)28(31)32/h5-18H,4H2,1-3H3/t18-/m0/s1. The fourth-order valence-electron chi connectivity index (χ4n) is 3.81. The van der Waals surface area contributed by atoms with Crippen molar-refractivity contribution in [1.82, 2.24) is 9.66 Å². The molecular formula is C28H25N3O4. The van der Waals surface area contributed by atoms with E-state index in [1.165, 1.54) is 4.68 Å². The third-order valence-corrected chi connectivity index (χ3v) is 5.84. The fourth-order valence-corrected chi connectivity index (χ4v) is 3.81. The molecule has 35 heavy (non-hydrogen) atoms. The van der Waals surface area contributed by atoms with Gasteiger partial charge < -0.3 is 13.9 Å². The van der Waals surface area contributed by atoms with Gasteiger partial charge in [0.15, 0.2) is 17.3 Å². The van der Waals surface area contributed by atoms with Crippen molar-refractivity contribution in [2.45, 2.75) is 26.4 Å². The van der Waals surface area contributed by atoms with Crippen molar-refractivity contribution < 1.29 is 13.9 Å². The Labute approximate surface area is 202 Å². The minimum Gasteiger partial charge on any atom is -0.493 e. The monoisotopic (exact) mass is 467 g/mol. The zero-order chi connectivity index (χ0) is 24.4. The van der Waals surface area contributed by atoms with E-state index in [1.807, 2.05) is 68.4 Å². The van der Waals surface area contributed by atoms with Crippen molar-refractivity contribution in [3.05, 3.63) is 88.7 Å². The summed E-state index contributed by atoms with van der Waals surface area (Å²) >= 11 is 0. The van der Waals surface area contributed by atoms with Gasteiger partial charge in [0.2, 0.25) is 5.82 Å². The lowest BCUT2D eigenvalue weighted by molar-refractivity contribution is 0.207. The van der Waals surface area contributed by atoms with Crippen molar-refractivity contribution in [2.75, 3.05) is 7.11 Å². The second-order valence-corrected chi connectivity index (χ2v) is 8.18. The summed E-state index contributed by atoms with van der Waals surface area (Å²) in [6, 6.07) is 22.3. The maximum atomic E-state index is 13.5. The molecular weight excluding hydrogens is 442 g/mol. The molecule has 0 aliphatic heterocycles. The fraction of sp³-hybridized carbons (Fsp3) is 0.179. The van der Waals surface area contributed by atoms with Gasteiger partial charge >= 0.3 is 0 Å². The molecule has 0 spiro atoms. The first-order valence-electron chi connectivity index (χ1n) is 11.5. The van der Waals surface area contributed by atoms with Gasteiger partial charge in [0.25, 0.3) is 5.56 Å². The van der Waals surface area contributed by atoms with Gasteiger partial charge in [0.05, 0.1) is 30.3 Å². The zero-order valence-corrected chi connectivity index (χ0v) is 19.8. The highest BCUT2D eigenvalue weighted by molar-refractivity contribution is 5.86. The Bertz CT molecular complexity index is 1570. The molecule has 5 rings (SSSR count). The van der Waals surface area contributed by atoms with Gasteiger partial charge in [-0.25, -0.2) is 4.98 Å². The molecule has 7 nitrogen and oxygen atoms in total. The number of para-hydroxylation sites is 3. The van der Waals surface area contributed by atoms with Crippen LogP contribution in [0.3, 0.4) is 0 Å². The van der Waals surface area contributed by atoms with Crippen molar-refractivity contribution in [3.8, 4) is 23.1 Å². The van der Waals surface area contributed by atoms with Crippen molar-refractivity contribution in [2.24, 2.45) is 5.10 Å². The average molecular weight is 468 g/mol. The molecule has 0 saturated carbocycles. The molecule has 0 aliphatic carbocycles. The van der Waals surface area contributed by atoms with Gasteiger partial charge in [-0.3, -0.25) is 4.79 Å². The Hall–Kier alpha value is -4.39. The van der Waals surface area contributed by atoms with E-state index in [9.17, 15) is 4.79 Å². The van der Waals surface area contributed by atoms with Crippen molar-refractivity contribution >= 4 is 28.1 Å². The second kappa shape index (κ2) is 9.46. The predicted molar refractivity (Wildman–Crippen MR) is 138 cm³/mol. The van der Waals surface area contributed by atoms with E-state index >= 15 is 0 Å². The number of benzene rings is 3. The molecule has 3 aromatic carbocycles. The van der Waals surface area contributed by atoms with E-state index in [-0.39, 0.29) is 11.7 Å². The molecule has 0 radical (unpaired) electrons. The summed E-state index contributed by atoms with van der Waals surface area (Å²) in [5.74, 6) is 1.93. The number of ether oxygens (including phenoxy) is 2. The Morgan fingerprint density at radius 3 is 2.69 bits per heavy atom. The number of hydrogen-bond donors (Lipinski definition) is 0. The van der Waals surface area contributed by atoms with Crippen LogP contribution in [0, 0.1) is 0 Å². The first-order valence-corrected chi connectivity index (χ1v) is 11.5. The molecule has 0 aliphatic rings. The lowest BCUT2D eigenvalue weighted by Gasteiger charge is -2.17. The average Bonchev–Trinajstić information content (AvgIpc) is 3.33. The van der Waals surface area contributed by atoms with Crippen molar-refractivity contribution in [1.29, 1.82) is 0 Å². The molecule has 0 amide bonds. The maximum absolute atomic E-state index is 13.5. The van der Waals surface area contributed by atoms with Crippen LogP contribution in [0.15, 0.2) is 87.1 Å². The molecule has 0 saturated heterocycles. The quantitative estimate of drug-likeness (QED) is 0.279. The molecule has 0 unspecified atom stereocenters. The molecule has 2 aromatic heterocycles. The van der Waals surface area contributed by atoms with Gasteiger partial charge in [0.1, 0.15) is 5.58 Å². The third-order valence-electron chi connectivity index (χ3n) is 5.84. The largest absolute Gasteiger partial charge is 0.493 e. The number of nitrogens with zero attached hydrogens (tertiary/aromatic N) is 3. The Morgan fingerprint density at radius 2 is 1.89 bits per heavy atom. The minimum atomic E-state index is -0.297. The van der Waals surface area contributed by atoms with Crippen LogP contribution in [-0.4, -0.2) is 29.1 Å². The van der Waals surface area contributed by atoms with Crippen LogP contribution in [0.2, 0.25) is 0 Å². The molecule has 5 aromatic rings. The van der Waals surface area contributed by atoms with Gasteiger partial charge in [-0.05, 0) is 49.7 Å². The lowest BCUT2D eigenvalue weighted by atomic mass is 10.2. The van der Waals surface area contributed by atoms with Crippen LogP contribution in [0.1, 0.15) is 25.8 Å². The van der Waals surface area contributed by atoms with E-state index in [4.69, 9.17) is 18.9 Å². The van der Waals surface area contributed by atoms with Crippen LogP contribution >= 0.6 is 0 Å². The zero-order valence-electron chi connectivity index (χ0n) is 19.8. The van der Waals surface area contributed by atoms with Crippen LogP contribution in [0.5, 0.6) is 11.5 Å². The van der Waals surface area contributed by atoms with E-state index in [0.29, 0.717) is 45.1 Å². The third kappa shape index (κ3) is 4.28. The van der Waals surface area contributed by atoms with Crippen molar-refractivity contribution in [3.63, 3.8) is 0 Å². The smallest absolute Gasteiger partial charge is 0.282 e. The minimum absolute atomic E-state index is 0.0189. The highest BCUT2D eigenvalue weighted by Crippen LogP contribution is 2.32. The number of hydrogen-bond acceptors (Lipinski definition) is 6. The topological polar surface area (TPSA) is 78.9 Å². The molecule has 2 heterocycles. The summed E-state index contributed by atoms with van der Waals surface area (Å²) in [6.45, 7) is 4.04. The number of furan rings is 1. The van der Waals surface area contributed by atoms with E-state index in [2.05, 4.69) is 5.10 Å². The van der Waals surface area contributed by atoms with E-state index in [1.54, 1.807) is 31.5 Å². The number of methoxy groups -OCH3 is 1. The molecule has 1 atom stereocenters. The van der Waals surface area contributed by atoms with Crippen LogP contribution in [-0.2, 0) is 0 Å². The molecule has 0 N–H and O–H groups in total. The van der Waals surface area contributed by atoms with E-state index in [0.717, 1.165) is 11.8 Å². The SMILES string of the molecule is CC[C@H](C)Oc1c(C=Nn2c(-c3cc4ccccc4o3)nc3ccccc3c2=O)cccc1OC. The predicted octanol–water partition coefficient (Wildman–Crippen LogP) is 5.88. The van der Waals surface area contributed by atoms with Crippen LogP contribution < -0.4 is 15.0 Å². The number of aromatic nitrogens is 2. The Kier molecular flexibility index (Phi) is 6.06. The highest BCUT2D eigenvalue weighted by atomic mass is 16.5. The normalized spacial score (nSPS) is 12.4. The molecule has 7 heteroatoms. The first kappa shape index (κ1) is 22.4. The van der Waals surface area contributed by atoms with Gasteiger partial charge in [0, 0.05) is 10.9 Å². The Balaban J connectivity index is 1.69. The maximum Gasteiger partial charge on any atom is 0.282 e. The number of fused-ring (bicyclic) bond motifs is 2. The second-order valence-electron chi connectivity index (χ2n) is 8.18. The van der Waals surface area contributed by atoms with Gasteiger partial charge in [-0.15, -0.1) is 0 Å². The summed E-state index contributed by atoms with van der Waals surface area (Å²) in [6.07, 6.45) is 2.40. The van der Waals surface area contributed by atoms with Gasteiger partial charge in [-0.1, -0.05) is 43.3 Å². The number of rotatable bonds is 7. The highest BCUT2D eigenvalue weighted by Gasteiger charge is 2.17.